The topological polar surface area (TPSA) is 32.3 Å². The summed E-state index contributed by atoms with van der Waals surface area (Å²) in [6, 6.07) is 5.57. The Morgan fingerprint density at radius 1 is 1.41 bits per heavy atom. The van der Waals surface area contributed by atoms with E-state index >= 15 is 0 Å². The molecule has 2 nitrogen and oxygen atoms in total. The Labute approximate surface area is 112 Å². The number of phenols is 1. The second-order valence-electron chi connectivity index (χ2n) is 5.08. The van der Waals surface area contributed by atoms with Gasteiger partial charge in [-0.25, -0.2) is 0 Å². The minimum atomic E-state index is 0.375. The fourth-order valence-electron chi connectivity index (χ4n) is 2.49. The minimum absolute atomic E-state index is 0.375. The van der Waals surface area contributed by atoms with Crippen molar-refractivity contribution in [3.63, 3.8) is 0 Å². The van der Waals surface area contributed by atoms with Crippen molar-refractivity contribution in [1.29, 1.82) is 0 Å². The summed E-state index contributed by atoms with van der Waals surface area (Å²) in [6.45, 7) is 4.08. The number of hydrogen-bond donors (Lipinski definition) is 2. The van der Waals surface area contributed by atoms with Gasteiger partial charge in [0, 0.05) is 23.1 Å². The van der Waals surface area contributed by atoms with Crippen molar-refractivity contribution >= 4 is 15.9 Å². The van der Waals surface area contributed by atoms with Crippen molar-refractivity contribution in [2.24, 2.45) is 5.41 Å². The highest BCUT2D eigenvalue weighted by molar-refractivity contribution is 9.10. The number of rotatable bonds is 5. The van der Waals surface area contributed by atoms with Gasteiger partial charge < -0.3 is 10.4 Å². The first-order chi connectivity index (χ1) is 8.15. The van der Waals surface area contributed by atoms with Crippen molar-refractivity contribution in [3.8, 4) is 5.75 Å². The van der Waals surface area contributed by atoms with E-state index in [0.717, 1.165) is 23.1 Å². The second-order valence-corrected chi connectivity index (χ2v) is 6.00. The van der Waals surface area contributed by atoms with Gasteiger partial charge in [-0.1, -0.05) is 29.3 Å². The number of nitrogens with one attached hydrogen (secondary N) is 1. The van der Waals surface area contributed by atoms with E-state index in [1.807, 2.05) is 12.1 Å². The van der Waals surface area contributed by atoms with Crippen LogP contribution < -0.4 is 5.32 Å². The zero-order chi connectivity index (χ0) is 12.3. The fourth-order valence-corrected chi connectivity index (χ4v) is 2.90. The third kappa shape index (κ3) is 3.02. The van der Waals surface area contributed by atoms with Crippen LogP contribution in [0.5, 0.6) is 5.75 Å². The lowest BCUT2D eigenvalue weighted by atomic mass is 9.67. The molecule has 94 valence electrons. The molecule has 3 heteroatoms. The van der Waals surface area contributed by atoms with Crippen molar-refractivity contribution in [3.05, 3.63) is 28.2 Å². The number of hydrogen-bond acceptors (Lipinski definition) is 2. The van der Waals surface area contributed by atoms with Crippen molar-refractivity contribution < 1.29 is 5.11 Å². The van der Waals surface area contributed by atoms with Crippen LogP contribution in [0.25, 0.3) is 0 Å². The highest BCUT2D eigenvalue weighted by Crippen LogP contribution is 2.43. The van der Waals surface area contributed by atoms with Gasteiger partial charge in [-0.2, -0.15) is 0 Å². The van der Waals surface area contributed by atoms with Crippen molar-refractivity contribution in [2.45, 2.75) is 39.2 Å². The van der Waals surface area contributed by atoms with Crippen LogP contribution in [0.3, 0.4) is 0 Å². The molecule has 0 bridgehead atoms. The molecular weight excluding hydrogens is 278 g/mol. The zero-order valence-corrected chi connectivity index (χ0v) is 11.9. The summed E-state index contributed by atoms with van der Waals surface area (Å²) in [7, 11) is 0. The Balaban J connectivity index is 1.87. The predicted octanol–water partition coefficient (Wildman–Crippen LogP) is 3.82. The lowest BCUT2D eigenvalue weighted by Gasteiger charge is -2.41. The molecule has 1 fully saturated rings. The first kappa shape index (κ1) is 12.9. The molecule has 0 saturated heterocycles. The molecule has 1 aliphatic carbocycles. The van der Waals surface area contributed by atoms with Crippen LogP contribution in [-0.2, 0) is 6.54 Å². The quantitative estimate of drug-likeness (QED) is 0.866. The van der Waals surface area contributed by atoms with E-state index < -0.39 is 0 Å². The summed E-state index contributed by atoms with van der Waals surface area (Å²) in [5.74, 6) is 0.375. The lowest BCUT2D eigenvalue weighted by Crippen LogP contribution is -2.39. The molecule has 1 saturated carbocycles. The number of benzene rings is 1. The zero-order valence-electron chi connectivity index (χ0n) is 10.3. The molecule has 0 heterocycles. The van der Waals surface area contributed by atoms with Gasteiger partial charge in [0.15, 0.2) is 0 Å². The van der Waals surface area contributed by atoms with Crippen LogP contribution in [0.4, 0.5) is 0 Å². The predicted molar refractivity (Wildman–Crippen MR) is 74.1 cm³/mol. The van der Waals surface area contributed by atoms with E-state index in [4.69, 9.17) is 0 Å². The number of aromatic hydroxyl groups is 1. The van der Waals surface area contributed by atoms with E-state index in [1.54, 1.807) is 6.07 Å². The van der Waals surface area contributed by atoms with E-state index in [0.29, 0.717) is 11.2 Å². The highest BCUT2D eigenvalue weighted by atomic mass is 79.9. The molecule has 0 atom stereocenters. The summed E-state index contributed by atoms with van der Waals surface area (Å²) in [4.78, 5) is 0. The Hall–Kier alpha value is -0.540. The van der Waals surface area contributed by atoms with Gasteiger partial charge in [-0.15, -0.1) is 0 Å². The molecule has 1 aromatic rings. The van der Waals surface area contributed by atoms with Gasteiger partial charge >= 0.3 is 0 Å². The molecule has 17 heavy (non-hydrogen) atoms. The van der Waals surface area contributed by atoms with Crippen LogP contribution >= 0.6 is 15.9 Å². The third-order valence-electron chi connectivity index (χ3n) is 4.02. The molecule has 0 amide bonds. The van der Waals surface area contributed by atoms with Crippen molar-refractivity contribution in [2.75, 3.05) is 6.54 Å². The summed E-state index contributed by atoms with van der Waals surface area (Å²) < 4.78 is 1.01. The smallest absolute Gasteiger partial charge is 0.120 e. The maximum absolute atomic E-state index is 9.73. The highest BCUT2D eigenvalue weighted by Gasteiger charge is 2.34. The lowest BCUT2D eigenvalue weighted by molar-refractivity contribution is 0.123. The Bertz CT molecular complexity index is 382. The largest absolute Gasteiger partial charge is 0.508 e. The van der Waals surface area contributed by atoms with Gasteiger partial charge in [-0.3, -0.25) is 0 Å². The van der Waals surface area contributed by atoms with Gasteiger partial charge in [0.1, 0.15) is 5.75 Å². The molecule has 2 N–H and O–H groups in total. The van der Waals surface area contributed by atoms with Crippen LogP contribution in [0.2, 0.25) is 0 Å². The maximum Gasteiger partial charge on any atom is 0.120 e. The summed E-state index contributed by atoms with van der Waals surface area (Å²) in [6.07, 6.45) is 5.32. The molecule has 0 spiro atoms. The molecule has 0 radical (unpaired) electrons. The third-order valence-corrected chi connectivity index (χ3v) is 4.51. The standard InChI is InChI=1S/C14H20BrNO/c1-2-14(6-3-7-14)10-16-9-11-8-12(15)4-5-13(11)17/h4-5,8,16-17H,2-3,6-7,9-10H2,1H3. The monoisotopic (exact) mass is 297 g/mol. The summed E-state index contributed by atoms with van der Waals surface area (Å²) in [5.41, 5.74) is 1.49. The summed E-state index contributed by atoms with van der Waals surface area (Å²) in [5, 5.41) is 13.2. The Kier molecular flexibility index (Phi) is 4.10. The van der Waals surface area contributed by atoms with Crippen LogP contribution in [0.15, 0.2) is 22.7 Å². The summed E-state index contributed by atoms with van der Waals surface area (Å²) >= 11 is 3.43. The van der Waals surface area contributed by atoms with E-state index in [2.05, 4.69) is 28.2 Å². The fraction of sp³-hybridized carbons (Fsp3) is 0.571. The first-order valence-corrected chi connectivity index (χ1v) is 7.13. The molecule has 1 aromatic carbocycles. The Morgan fingerprint density at radius 3 is 2.76 bits per heavy atom. The molecule has 0 aliphatic heterocycles. The second kappa shape index (κ2) is 5.40. The molecule has 1 aliphatic rings. The van der Waals surface area contributed by atoms with E-state index in [9.17, 15) is 5.11 Å². The van der Waals surface area contributed by atoms with E-state index in [-0.39, 0.29) is 0 Å². The molecular formula is C14H20BrNO. The first-order valence-electron chi connectivity index (χ1n) is 6.33. The SMILES string of the molecule is CCC1(CNCc2cc(Br)ccc2O)CCC1. The van der Waals surface area contributed by atoms with Gasteiger partial charge in [-0.05, 0) is 42.9 Å². The normalized spacial score (nSPS) is 17.8. The average molecular weight is 298 g/mol. The number of phenolic OH excluding ortho intramolecular Hbond substituents is 1. The van der Waals surface area contributed by atoms with Crippen LogP contribution in [0.1, 0.15) is 38.2 Å². The molecule has 0 unspecified atom stereocenters. The van der Waals surface area contributed by atoms with Gasteiger partial charge in [0.2, 0.25) is 0 Å². The van der Waals surface area contributed by atoms with Gasteiger partial charge in [0.25, 0.3) is 0 Å². The maximum atomic E-state index is 9.73. The van der Waals surface area contributed by atoms with E-state index in [1.165, 1.54) is 25.7 Å². The molecule has 2 rings (SSSR count). The van der Waals surface area contributed by atoms with Crippen LogP contribution in [-0.4, -0.2) is 11.7 Å². The minimum Gasteiger partial charge on any atom is -0.508 e. The van der Waals surface area contributed by atoms with Crippen molar-refractivity contribution in [1.82, 2.24) is 5.32 Å². The molecule has 0 aromatic heterocycles. The number of halogens is 1. The Morgan fingerprint density at radius 2 is 2.18 bits per heavy atom. The van der Waals surface area contributed by atoms with Gasteiger partial charge in [0.05, 0.1) is 0 Å². The van der Waals surface area contributed by atoms with Crippen LogP contribution in [0, 0.1) is 5.41 Å². The average Bonchev–Trinajstić information content (AvgIpc) is 2.27.